The van der Waals surface area contributed by atoms with E-state index < -0.39 is 11.9 Å². The molecule has 0 aromatic heterocycles. The normalized spacial score (nSPS) is 16.2. The Morgan fingerprint density at radius 2 is 2.29 bits per heavy atom. The molecule has 0 aromatic carbocycles. The SMILES string of the molecule is COC(=O)C(=N)C1=C(N)C(=O)NCC1. The molecular formula is C8H11N3O3. The summed E-state index contributed by atoms with van der Waals surface area (Å²) >= 11 is 0. The number of nitrogens with one attached hydrogen (secondary N) is 2. The van der Waals surface area contributed by atoms with Crippen LogP contribution in [0.2, 0.25) is 0 Å². The van der Waals surface area contributed by atoms with Crippen molar-refractivity contribution in [3.05, 3.63) is 11.3 Å². The van der Waals surface area contributed by atoms with Crippen LogP contribution in [0.15, 0.2) is 11.3 Å². The van der Waals surface area contributed by atoms with E-state index in [1.165, 1.54) is 7.11 Å². The van der Waals surface area contributed by atoms with Crippen molar-refractivity contribution < 1.29 is 14.3 Å². The minimum atomic E-state index is -0.780. The number of amides is 1. The molecule has 1 aliphatic heterocycles. The van der Waals surface area contributed by atoms with Crippen LogP contribution in [-0.2, 0) is 14.3 Å². The number of methoxy groups -OCH3 is 1. The van der Waals surface area contributed by atoms with Gasteiger partial charge in [0.1, 0.15) is 11.4 Å². The molecule has 0 radical (unpaired) electrons. The third-order valence-corrected chi connectivity index (χ3v) is 1.92. The van der Waals surface area contributed by atoms with Crippen LogP contribution in [0.3, 0.4) is 0 Å². The number of rotatable bonds is 2. The van der Waals surface area contributed by atoms with E-state index in [1.54, 1.807) is 0 Å². The lowest BCUT2D eigenvalue weighted by molar-refractivity contribution is -0.132. The minimum Gasteiger partial charge on any atom is -0.464 e. The van der Waals surface area contributed by atoms with E-state index in [-0.39, 0.29) is 17.0 Å². The van der Waals surface area contributed by atoms with E-state index in [0.29, 0.717) is 13.0 Å². The fourth-order valence-corrected chi connectivity index (χ4v) is 1.15. The maximum absolute atomic E-state index is 11.1. The Hall–Kier alpha value is -1.85. The summed E-state index contributed by atoms with van der Waals surface area (Å²) < 4.78 is 4.36. The van der Waals surface area contributed by atoms with Crippen molar-refractivity contribution in [3.8, 4) is 0 Å². The average Bonchev–Trinajstić information content (AvgIpc) is 2.20. The molecule has 6 heteroatoms. The minimum absolute atomic E-state index is 0.0772. The molecule has 1 aliphatic rings. The van der Waals surface area contributed by atoms with Gasteiger partial charge in [0.15, 0.2) is 0 Å². The summed E-state index contributed by atoms with van der Waals surface area (Å²) in [7, 11) is 1.18. The highest BCUT2D eigenvalue weighted by atomic mass is 16.5. The zero-order chi connectivity index (χ0) is 10.7. The summed E-state index contributed by atoms with van der Waals surface area (Å²) in [6.45, 7) is 0.383. The second-order valence-corrected chi connectivity index (χ2v) is 2.76. The molecule has 0 bridgehead atoms. The molecule has 1 heterocycles. The highest BCUT2D eigenvalue weighted by Gasteiger charge is 2.24. The molecule has 6 nitrogen and oxygen atoms in total. The molecule has 0 aromatic rings. The van der Waals surface area contributed by atoms with Gasteiger partial charge in [-0.25, -0.2) is 4.79 Å². The van der Waals surface area contributed by atoms with Gasteiger partial charge in [-0.15, -0.1) is 0 Å². The highest BCUT2D eigenvalue weighted by molar-refractivity contribution is 6.42. The molecule has 4 N–H and O–H groups in total. The molecule has 1 rings (SSSR count). The maximum atomic E-state index is 11.1. The topological polar surface area (TPSA) is 105 Å². The van der Waals surface area contributed by atoms with Crippen LogP contribution in [0.4, 0.5) is 0 Å². The van der Waals surface area contributed by atoms with Crippen molar-refractivity contribution in [2.75, 3.05) is 13.7 Å². The number of hydrogen-bond donors (Lipinski definition) is 3. The van der Waals surface area contributed by atoms with Gasteiger partial charge in [0.05, 0.1) is 7.11 Å². The summed E-state index contributed by atoms with van der Waals surface area (Å²) in [5.74, 6) is -1.22. The second-order valence-electron chi connectivity index (χ2n) is 2.76. The van der Waals surface area contributed by atoms with Crippen molar-refractivity contribution in [2.24, 2.45) is 5.73 Å². The first-order valence-corrected chi connectivity index (χ1v) is 4.02. The Balaban J connectivity index is 2.96. The lowest BCUT2D eigenvalue weighted by Gasteiger charge is -2.17. The molecule has 0 unspecified atom stereocenters. The van der Waals surface area contributed by atoms with Crippen LogP contribution in [0.5, 0.6) is 0 Å². The van der Waals surface area contributed by atoms with Gasteiger partial charge >= 0.3 is 5.97 Å². The highest BCUT2D eigenvalue weighted by Crippen LogP contribution is 2.11. The fraction of sp³-hybridized carbons (Fsp3) is 0.375. The molecule has 1 amide bonds. The molecule has 14 heavy (non-hydrogen) atoms. The third kappa shape index (κ3) is 1.73. The number of nitrogens with two attached hydrogens (primary N) is 1. The quantitative estimate of drug-likeness (QED) is 0.386. The monoisotopic (exact) mass is 197 g/mol. The van der Waals surface area contributed by atoms with Crippen LogP contribution < -0.4 is 11.1 Å². The predicted octanol–water partition coefficient (Wildman–Crippen LogP) is -1.09. The summed E-state index contributed by atoms with van der Waals surface area (Å²) in [5, 5.41) is 9.92. The van der Waals surface area contributed by atoms with Crippen molar-refractivity contribution in [1.82, 2.24) is 5.32 Å². The zero-order valence-electron chi connectivity index (χ0n) is 7.72. The van der Waals surface area contributed by atoms with E-state index in [2.05, 4.69) is 10.1 Å². The van der Waals surface area contributed by atoms with Gasteiger partial charge in [0.2, 0.25) is 0 Å². The summed E-state index contributed by atoms with van der Waals surface area (Å²) in [6.07, 6.45) is 0.380. The summed E-state index contributed by atoms with van der Waals surface area (Å²) in [6, 6.07) is 0. The Morgan fingerprint density at radius 3 is 2.86 bits per heavy atom. The van der Waals surface area contributed by atoms with Crippen molar-refractivity contribution in [2.45, 2.75) is 6.42 Å². The van der Waals surface area contributed by atoms with Crippen molar-refractivity contribution in [1.29, 1.82) is 5.41 Å². The fourth-order valence-electron chi connectivity index (χ4n) is 1.15. The first kappa shape index (κ1) is 10.2. The van der Waals surface area contributed by atoms with E-state index in [9.17, 15) is 9.59 Å². The number of carbonyl (C=O) groups is 2. The second kappa shape index (κ2) is 3.91. The van der Waals surface area contributed by atoms with E-state index >= 15 is 0 Å². The lowest BCUT2D eigenvalue weighted by atomic mass is 10.0. The van der Waals surface area contributed by atoms with Crippen LogP contribution in [0.1, 0.15) is 6.42 Å². The van der Waals surface area contributed by atoms with E-state index in [0.717, 1.165) is 0 Å². The number of hydrogen-bond acceptors (Lipinski definition) is 5. The van der Waals surface area contributed by atoms with Gasteiger partial charge in [-0.3, -0.25) is 10.2 Å². The van der Waals surface area contributed by atoms with Crippen LogP contribution >= 0.6 is 0 Å². The van der Waals surface area contributed by atoms with Gasteiger partial charge in [-0.2, -0.15) is 0 Å². The molecular weight excluding hydrogens is 186 g/mol. The largest absolute Gasteiger partial charge is 0.464 e. The third-order valence-electron chi connectivity index (χ3n) is 1.92. The predicted molar refractivity (Wildman–Crippen MR) is 48.6 cm³/mol. The van der Waals surface area contributed by atoms with Crippen LogP contribution in [0.25, 0.3) is 0 Å². The lowest BCUT2D eigenvalue weighted by Crippen LogP contribution is -2.38. The van der Waals surface area contributed by atoms with Gasteiger partial charge in [-0.05, 0) is 6.42 Å². The van der Waals surface area contributed by atoms with Gasteiger partial charge in [-0.1, -0.05) is 0 Å². The smallest absolute Gasteiger partial charge is 0.356 e. The van der Waals surface area contributed by atoms with Gasteiger partial charge in [0, 0.05) is 12.1 Å². The van der Waals surface area contributed by atoms with Crippen molar-refractivity contribution >= 4 is 17.6 Å². The number of carbonyl (C=O) groups excluding carboxylic acids is 2. The van der Waals surface area contributed by atoms with Gasteiger partial charge < -0.3 is 15.8 Å². The van der Waals surface area contributed by atoms with E-state index in [1.807, 2.05) is 0 Å². The molecule has 0 saturated heterocycles. The Labute approximate surface area is 80.6 Å². The molecule has 0 saturated carbocycles. The molecule has 76 valence electrons. The molecule has 0 fully saturated rings. The first-order valence-electron chi connectivity index (χ1n) is 4.02. The molecule has 0 atom stereocenters. The van der Waals surface area contributed by atoms with Crippen LogP contribution in [0, 0.1) is 5.41 Å². The molecule has 0 aliphatic carbocycles. The summed E-state index contributed by atoms with van der Waals surface area (Å²) in [5.41, 5.74) is 5.26. The number of esters is 1. The standard InChI is InChI=1S/C8H11N3O3/c1-14-8(13)6(10)4-2-3-11-7(12)5(4)9/h10H,2-3,9H2,1H3,(H,11,12). The Morgan fingerprint density at radius 1 is 1.64 bits per heavy atom. The Bertz CT molecular complexity index is 333. The van der Waals surface area contributed by atoms with E-state index in [4.69, 9.17) is 11.1 Å². The average molecular weight is 197 g/mol. The van der Waals surface area contributed by atoms with Crippen molar-refractivity contribution in [3.63, 3.8) is 0 Å². The Kier molecular flexibility index (Phi) is 2.85. The maximum Gasteiger partial charge on any atom is 0.356 e. The summed E-state index contributed by atoms with van der Waals surface area (Å²) in [4.78, 5) is 22.1. The first-order chi connectivity index (χ1) is 6.57. The molecule has 0 spiro atoms. The van der Waals surface area contributed by atoms with Crippen LogP contribution in [-0.4, -0.2) is 31.2 Å². The zero-order valence-corrected chi connectivity index (χ0v) is 7.72. The van der Waals surface area contributed by atoms with Gasteiger partial charge in [0.25, 0.3) is 5.91 Å². The number of ether oxygens (including phenoxy) is 1.